The average Bonchev–Trinajstić information content (AvgIpc) is 2.92. The molecule has 1 aromatic heterocycles. The van der Waals surface area contributed by atoms with Crippen LogP contribution in [-0.4, -0.2) is 23.1 Å². The molecule has 1 unspecified atom stereocenters. The first-order valence-electron chi connectivity index (χ1n) is 8.80. The van der Waals surface area contributed by atoms with Gasteiger partial charge in [-0.1, -0.05) is 24.3 Å². The number of para-hydroxylation sites is 1. The molecule has 0 saturated carbocycles. The van der Waals surface area contributed by atoms with Gasteiger partial charge in [-0.25, -0.2) is 8.78 Å². The molecule has 0 spiro atoms. The van der Waals surface area contributed by atoms with Crippen LogP contribution in [0.2, 0.25) is 0 Å². The highest BCUT2D eigenvalue weighted by atomic mass is 19.1. The zero-order chi connectivity index (χ0) is 17.6. The number of likely N-dealkylation sites (N-methyl/N-ethyl adjacent to an activating group) is 1. The lowest BCUT2D eigenvalue weighted by molar-refractivity contribution is 0.245. The molecule has 1 aliphatic rings. The van der Waals surface area contributed by atoms with E-state index < -0.39 is 11.6 Å². The zero-order valence-corrected chi connectivity index (χ0v) is 14.6. The summed E-state index contributed by atoms with van der Waals surface area (Å²) < 4.78 is 29.4. The topological polar surface area (TPSA) is 8.17 Å². The molecule has 1 atom stereocenters. The van der Waals surface area contributed by atoms with Crippen LogP contribution in [0.4, 0.5) is 8.78 Å². The van der Waals surface area contributed by atoms with Crippen molar-refractivity contribution in [2.45, 2.75) is 32.4 Å². The highest BCUT2D eigenvalue weighted by Crippen LogP contribution is 2.37. The fourth-order valence-corrected chi connectivity index (χ4v) is 4.03. The quantitative estimate of drug-likeness (QED) is 0.670. The van der Waals surface area contributed by atoms with Crippen molar-refractivity contribution in [1.82, 2.24) is 9.47 Å². The minimum absolute atomic E-state index is 0.373. The number of rotatable bonds is 3. The number of benzene rings is 2. The van der Waals surface area contributed by atoms with Gasteiger partial charge >= 0.3 is 0 Å². The summed E-state index contributed by atoms with van der Waals surface area (Å²) in [6.45, 7) is 3.97. The number of aromatic nitrogens is 1. The minimum Gasteiger partial charge on any atom is -0.344 e. The second-order valence-corrected chi connectivity index (χ2v) is 6.92. The van der Waals surface area contributed by atoms with E-state index in [-0.39, 0.29) is 0 Å². The molecule has 0 radical (unpaired) electrons. The lowest BCUT2D eigenvalue weighted by Gasteiger charge is -2.31. The maximum Gasteiger partial charge on any atom is 0.129 e. The Balaban J connectivity index is 1.75. The normalized spacial score (nSPS) is 17.8. The molecule has 0 fully saturated rings. The van der Waals surface area contributed by atoms with Crippen LogP contribution in [0.15, 0.2) is 42.5 Å². The van der Waals surface area contributed by atoms with Gasteiger partial charge in [0.2, 0.25) is 0 Å². The van der Waals surface area contributed by atoms with E-state index >= 15 is 0 Å². The van der Waals surface area contributed by atoms with Crippen molar-refractivity contribution in [1.29, 1.82) is 0 Å². The van der Waals surface area contributed by atoms with Crippen LogP contribution in [0, 0.1) is 11.6 Å². The molecule has 4 rings (SSSR count). The number of fused-ring (bicyclic) bond motifs is 3. The van der Waals surface area contributed by atoms with Crippen molar-refractivity contribution in [3.05, 3.63) is 70.9 Å². The predicted octanol–water partition coefficient (Wildman–Crippen LogP) is 4.71. The molecule has 0 saturated heterocycles. The van der Waals surface area contributed by atoms with Crippen molar-refractivity contribution in [3.8, 4) is 0 Å². The SMILES string of the molecule is CC1c2c(n(CCc3ccc(F)cc3F)c3ccccc23)CCN1C. The van der Waals surface area contributed by atoms with Gasteiger partial charge in [0.25, 0.3) is 0 Å². The molecule has 0 amide bonds. The van der Waals surface area contributed by atoms with E-state index in [0.717, 1.165) is 19.0 Å². The summed E-state index contributed by atoms with van der Waals surface area (Å²) >= 11 is 0. The van der Waals surface area contributed by atoms with Crippen molar-refractivity contribution >= 4 is 10.9 Å². The number of hydrogen-bond donors (Lipinski definition) is 0. The van der Waals surface area contributed by atoms with Gasteiger partial charge in [-0.2, -0.15) is 0 Å². The third-order valence-electron chi connectivity index (χ3n) is 5.52. The second-order valence-electron chi connectivity index (χ2n) is 6.92. The number of aryl methyl sites for hydroxylation is 2. The average molecular weight is 340 g/mol. The Labute approximate surface area is 146 Å². The van der Waals surface area contributed by atoms with E-state index in [9.17, 15) is 8.78 Å². The Morgan fingerprint density at radius 3 is 2.72 bits per heavy atom. The van der Waals surface area contributed by atoms with Crippen LogP contribution >= 0.6 is 0 Å². The molecular weight excluding hydrogens is 318 g/mol. The minimum atomic E-state index is -0.526. The van der Waals surface area contributed by atoms with E-state index in [1.807, 2.05) is 0 Å². The zero-order valence-electron chi connectivity index (χ0n) is 14.6. The molecular formula is C21H22F2N2. The molecule has 2 nitrogen and oxygen atoms in total. The van der Waals surface area contributed by atoms with Crippen LogP contribution in [-0.2, 0) is 19.4 Å². The van der Waals surface area contributed by atoms with Crippen molar-refractivity contribution in [2.75, 3.05) is 13.6 Å². The molecule has 25 heavy (non-hydrogen) atoms. The number of nitrogens with zero attached hydrogens (tertiary/aromatic N) is 2. The van der Waals surface area contributed by atoms with Gasteiger partial charge in [-0.3, -0.25) is 4.90 Å². The van der Waals surface area contributed by atoms with Gasteiger partial charge in [0.05, 0.1) is 0 Å². The molecule has 4 heteroatoms. The summed E-state index contributed by atoms with van der Waals surface area (Å²) in [5.74, 6) is -0.986. The predicted molar refractivity (Wildman–Crippen MR) is 96.7 cm³/mol. The molecule has 130 valence electrons. The summed E-state index contributed by atoms with van der Waals surface area (Å²) in [5.41, 5.74) is 4.52. The standard InChI is InChI=1S/C21H22F2N2/c1-14-21-17-5-3-4-6-19(17)25(20(21)10-11-24(14)2)12-9-15-7-8-16(22)13-18(15)23/h3-8,13-14H,9-12H2,1-2H3. The maximum absolute atomic E-state index is 14.0. The van der Waals surface area contributed by atoms with Crippen LogP contribution < -0.4 is 0 Å². The molecule has 2 heterocycles. The first-order chi connectivity index (χ1) is 12.1. The molecule has 0 bridgehead atoms. The van der Waals surface area contributed by atoms with Gasteiger partial charge < -0.3 is 4.57 Å². The second kappa shape index (κ2) is 6.26. The fraction of sp³-hybridized carbons (Fsp3) is 0.333. The van der Waals surface area contributed by atoms with Crippen LogP contribution in [0.25, 0.3) is 10.9 Å². The first kappa shape index (κ1) is 16.3. The van der Waals surface area contributed by atoms with Gasteiger partial charge in [0.15, 0.2) is 0 Å². The van der Waals surface area contributed by atoms with Crippen molar-refractivity contribution in [3.63, 3.8) is 0 Å². The Hall–Kier alpha value is -2.20. The maximum atomic E-state index is 14.0. The number of halogens is 2. The monoisotopic (exact) mass is 340 g/mol. The fourth-order valence-electron chi connectivity index (χ4n) is 4.03. The van der Waals surface area contributed by atoms with Gasteiger partial charge in [-0.05, 0) is 43.7 Å². The lowest BCUT2D eigenvalue weighted by atomic mass is 9.97. The summed E-state index contributed by atoms with van der Waals surface area (Å²) in [5, 5.41) is 1.29. The summed E-state index contributed by atoms with van der Waals surface area (Å²) in [6, 6.07) is 12.7. The largest absolute Gasteiger partial charge is 0.344 e. The summed E-state index contributed by atoms with van der Waals surface area (Å²) in [4.78, 5) is 2.37. The molecule has 1 aliphatic heterocycles. The Kier molecular flexibility index (Phi) is 4.08. The van der Waals surface area contributed by atoms with Crippen LogP contribution in [0.3, 0.4) is 0 Å². The summed E-state index contributed by atoms with van der Waals surface area (Å²) in [6.07, 6.45) is 1.55. The van der Waals surface area contributed by atoms with Gasteiger partial charge in [-0.15, -0.1) is 0 Å². The lowest BCUT2D eigenvalue weighted by Crippen LogP contribution is -2.31. The van der Waals surface area contributed by atoms with E-state index in [1.165, 1.54) is 28.2 Å². The van der Waals surface area contributed by atoms with E-state index in [2.05, 4.69) is 47.7 Å². The third kappa shape index (κ3) is 2.74. The smallest absolute Gasteiger partial charge is 0.129 e. The van der Waals surface area contributed by atoms with Crippen LogP contribution in [0.5, 0.6) is 0 Å². The molecule has 0 N–H and O–H groups in total. The van der Waals surface area contributed by atoms with Crippen LogP contribution in [0.1, 0.15) is 29.8 Å². The van der Waals surface area contributed by atoms with Crippen molar-refractivity contribution in [2.24, 2.45) is 0 Å². The molecule has 2 aromatic carbocycles. The molecule has 0 aliphatic carbocycles. The first-order valence-corrected chi connectivity index (χ1v) is 8.80. The summed E-state index contributed by atoms with van der Waals surface area (Å²) in [7, 11) is 2.16. The third-order valence-corrected chi connectivity index (χ3v) is 5.52. The van der Waals surface area contributed by atoms with Gasteiger partial charge in [0, 0.05) is 48.2 Å². The Bertz CT molecular complexity index is 929. The Morgan fingerprint density at radius 1 is 1.12 bits per heavy atom. The Morgan fingerprint density at radius 2 is 1.92 bits per heavy atom. The highest BCUT2D eigenvalue weighted by Gasteiger charge is 2.27. The van der Waals surface area contributed by atoms with E-state index in [4.69, 9.17) is 0 Å². The van der Waals surface area contributed by atoms with E-state index in [0.29, 0.717) is 24.6 Å². The van der Waals surface area contributed by atoms with E-state index in [1.54, 1.807) is 6.07 Å². The van der Waals surface area contributed by atoms with Gasteiger partial charge in [0.1, 0.15) is 11.6 Å². The highest BCUT2D eigenvalue weighted by molar-refractivity contribution is 5.86. The number of hydrogen-bond acceptors (Lipinski definition) is 1. The van der Waals surface area contributed by atoms with Crippen molar-refractivity contribution < 1.29 is 8.78 Å². The molecule has 3 aromatic rings.